The second-order valence-electron chi connectivity index (χ2n) is 7.06. The summed E-state index contributed by atoms with van der Waals surface area (Å²) in [6.07, 6.45) is 5.11. The Labute approximate surface area is 188 Å². The van der Waals surface area contributed by atoms with Crippen LogP contribution in [0.15, 0.2) is 46.0 Å². The minimum Gasteiger partial charge on any atom is -0.490 e. The molecule has 2 aliphatic rings. The van der Waals surface area contributed by atoms with Crippen molar-refractivity contribution in [3.05, 3.63) is 42.4 Å². The second-order valence-corrected chi connectivity index (χ2v) is 7.06. The Balaban J connectivity index is 0.00000240. The van der Waals surface area contributed by atoms with Crippen LogP contribution in [0.25, 0.3) is 0 Å². The monoisotopic (exact) mass is 512 g/mol. The molecule has 0 aliphatic carbocycles. The maximum Gasteiger partial charge on any atom is 0.195 e. The summed E-state index contributed by atoms with van der Waals surface area (Å²) >= 11 is 0. The first kappa shape index (κ1) is 21.8. The molecule has 1 unspecified atom stereocenters. The number of anilines is 1. The van der Waals surface area contributed by atoms with Gasteiger partial charge in [0.15, 0.2) is 17.5 Å². The van der Waals surface area contributed by atoms with Crippen molar-refractivity contribution in [2.75, 3.05) is 45.2 Å². The van der Waals surface area contributed by atoms with E-state index in [4.69, 9.17) is 13.9 Å². The van der Waals surface area contributed by atoms with Gasteiger partial charge in [-0.1, -0.05) is 0 Å². The van der Waals surface area contributed by atoms with E-state index in [0.29, 0.717) is 19.2 Å². The number of likely N-dealkylation sites (tertiary alicyclic amines) is 1. The molecule has 0 amide bonds. The van der Waals surface area contributed by atoms with Crippen molar-refractivity contribution < 1.29 is 13.9 Å². The van der Waals surface area contributed by atoms with Gasteiger partial charge in [-0.05, 0) is 50.2 Å². The van der Waals surface area contributed by atoms with Crippen molar-refractivity contribution in [1.82, 2.24) is 10.2 Å². The molecule has 0 spiro atoms. The normalized spacial score (nSPS) is 17.9. The lowest BCUT2D eigenvalue weighted by molar-refractivity contribution is 0.216. The molecule has 1 aromatic carbocycles. The highest BCUT2D eigenvalue weighted by molar-refractivity contribution is 14.0. The largest absolute Gasteiger partial charge is 0.490 e. The van der Waals surface area contributed by atoms with Gasteiger partial charge in [0.25, 0.3) is 0 Å². The van der Waals surface area contributed by atoms with Crippen LogP contribution in [-0.4, -0.2) is 50.8 Å². The number of halogens is 1. The third-order valence-electron chi connectivity index (χ3n) is 5.15. The van der Waals surface area contributed by atoms with Crippen LogP contribution in [-0.2, 0) is 0 Å². The van der Waals surface area contributed by atoms with Crippen molar-refractivity contribution in [3.63, 3.8) is 0 Å². The van der Waals surface area contributed by atoms with Gasteiger partial charge in [-0.2, -0.15) is 0 Å². The fourth-order valence-corrected chi connectivity index (χ4v) is 3.69. The van der Waals surface area contributed by atoms with Crippen LogP contribution in [0, 0.1) is 0 Å². The second kappa shape index (κ2) is 10.7. The Morgan fingerprint density at radius 1 is 1.10 bits per heavy atom. The Morgan fingerprint density at radius 2 is 1.90 bits per heavy atom. The molecule has 3 heterocycles. The van der Waals surface area contributed by atoms with Crippen molar-refractivity contribution in [2.45, 2.75) is 25.3 Å². The van der Waals surface area contributed by atoms with Gasteiger partial charge in [-0.15, -0.1) is 24.0 Å². The fraction of sp³-hybridized carbons (Fsp3) is 0.476. The summed E-state index contributed by atoms with van der Waals surface area (Å²) in [5.41, 5.74) is 0.910. The minimum absolute atomic E-state index is 0. The van der Waals surface area contributed by atoms with Crippen LogP contribution in [0.3, 0.4) is 0 Å². The molecule has 158 valence electrons. The van der Waals surface area contributed by atoms with Crippen LogP contribution >= 0.6 is 24.0 Å². The maximum absolute atomic E-state index is 5.77. The number of hydrogen-bond donors (Lipinski definition) is 2. The highest BCUT2D eigenvalue weighted by atomic mass is 127. The Hall–Kier alpha value is -1.94. The lowest BCUT2D eigenvalue weighted by atomic mass is 10.2. The first-order valence-electron chi connectivity index (χ1n) is 9.98. The van der Waals surface area contributed by atoms with E-state index in [9.17, 15) is 0 Å². The smallest absolute Gasteiger partial charge is 0.195 e. The van der Waals surface area contributed by atoms with Gasteiger partial charge in [0.05, 0.1) is 25.5 Å². The summed E-state index contributed by atoms with van der Waals surface area (Å²) in [6.45, 7) is 4.28. The Kier molecular flexibility index (Phi) is 8.05. The van der Waals surface area contributed by atoms with E-state index in [2.05, 4.69) is 20.5 Å². The third-order valence-corrected chi connectivity index (χ3v) is 5.15. The van der Waals surface area contributed by atoms with Crippen molar-refractivity contribution >= 4 is 35.6 Å². The van der Waals surface area contributed by atoms with Gasteiger partial charge in [0.2, 0.25) is 0 Å². The molecular formula is C21H29IN4O3. The van der Waals surface area contributed by atoms with Crippen LogP contribution in [0.4, 0.5) is 5.69 Å². The van der Waals surface area contributed by atoms with Crippen molar-refractivity contribution in [2.24, 2.45) is 4.99 Å². The lowest BCUT2D eigenvalue weighted by Gasteiger charge is -2.26. The first-order valence-corrected chi connectivity index (χ1v) is 9.98. The number of furan rings is 1. The van der Waals surface area contributed by atoms with Gasteiger partial charge in [-0.3, -0.25) is 9.89 Å². The summed E-state index contributed by atoms with van der Waals surface area (Å²) < 4.78 is 17.2. The van der Waals surface area contributed by atoms with Crippen molar-refractivity contribution in [1.29, 1.82) is 0 Å². The molecule has 8 heteroatoms. The number of aliphatic imine (C=N–C) groups is 1. The highest BCUT2D eigenvalue weighted by Crippen LogP contribution is 2.32. The zero-order chi connectivity index (χ0) is 19.2. The van der Waals surface area contributed by atoms with Crippen LogP contribution < -0.4 is 20.1 Å². The minimum atomic E-state index is 0. The Bertz CT molecular complexity index is 791. The number of guanidine groups is 1. The van der Waals surface area contributed by atoms with Crippen LogP contribution in [0.5, 0.6) is 11.5 Å². The quantitative estimate of drug-likeness (QED) is 0.360. The average molecular weight is 512 g/mol. The molecule has 0 radical (unpaired) electrons. The summed E-state index contributed by atoms with van der Waals surface area (Å²) in [4.78, 5) is 6.83. The number of ether oxygens (including phenoxy) is 2. The number of nitrogens with one attached hydrogen (secondary N) is 2. The van der Waals surface area contributed by atoms with Crippen LogP contribution in [0.2, 0.25) is 0 Å². The SMILES string of the molecule is CN=C(NCC(c1ccco1)N1CCCC1)Nc1ccc2c(c1)OCCCO2.I. The number of fused-ring (bicyclic) bond motifs is 1. The maximum atomic E-state index is 5.77. The first-order chi connectivity index (χ1) is 13.8. The van der Waals surface area contributed by atoms with Crippen molar-refractivity contribution in [3.8, 4) is 11.5 Å². The number of benzene rings is 1. The molecule has 4 rings (SSSR count). The molecule has 1 aromatic heterocycles. The predicted molar refractivity (Wildman–Crippen MR) is 125 cm³/mol. The zero-order valence-electron chi connectivity index (χ0n) is 16.7. The molecule has 2 aromatic rings. The van der Waals surface area contributed by atoms with Gasteiger partial charge in [-0.25, -0.2) is 0 Å². The summed E-state index contributed by atoms with van der Waals surface area (Å²) in [5, 5.41) is 6.79. The zero-order valence-corrected chi connectivity index (χ0v) is 19.1. The van der Waals surface area contributed by atoms with E-state index in [0.717, 1.165) is 49.0 Å². The molecule has 1 fully saturated rings. The topological polar surface area (TPSA) is 71.3 Å². The van der Waals surface area contributed by atoms with Gasteiger partial charge < -0.3 is 24.5 Å². The lowest BCUT2D eigenvalue weighted by Crippen LogP contribution is -2.39. The summed E-state index contributed by atoms with van der Waals surface area (Å²) in [5.74, 6) is 3.26. The Morgan fingerprint density at radius 3 is 2.62 bits per heavy atom. The molecule has 29 heavy (non-hydrogen) atoms. The molecule has 0 saturated carbocycles. The third kappa shape index (κ3) is 5.57. The molecule has 2 aliphatic heterocycles. The standard InChI is InChI=1S/C21H28N4O3.HI/c1-22-21(24-16-7-8-19-20(14-16)28-13-5-12-27-19)23-15-17(18-6-4-11-26-18)25-9-2-3-10-25;/h4,6-8,11,14,17H,2-3,5,9-10,12-13,15H2,1H3,(H2,22,23,24);1H. The number of hydrogen-bond acceptors (Lipinski definition) is 5. The van der Waals surface area contributed by atoms with E-state index in [1.165, 1.54) is 12.8 Å². The van der Waals surface area contributed by atoms with E-state index >= 15 is 0 Å². The molecule has 1 saturated heterocycles. The highest BCUT2D eigenvalue weighted by Gasteiger charge is 2.25. The van der Waals surface area contributed by atoms with Gasteiger partial charge in [0, 0.05) is 31.8 Å². The number of nitrogens with zero attached hydrogens (tertiary/aromatic N) is 2. The molecule has 7 nitrogen and oxygen atoms in total. The van der Waals surface area contributed by atoms with E-state index in [-0.39, 0.29) is 30.0 Å². The average Bonchev–Trinajstić information content (AvgIpc) is 3.39. The van der Waals surface area contributed by atoms with Gasteiger partial charge >= 0.3 is 0 Å². The number of rotatable bonds is 5. The fourth-order valence-electron chi connectivity index (χ4n) is 3.69. The molecule has 2 N–H and O–H groups in total. The summed E-state index contributed by atoms with van der Waals surface area (Å²) in [7, 11) is 1.77. The van der Waals surface area contributed by atoms with Crippen LogP contribution in [0.1, 0.15) is 31.1 Å². The molecule has 0 bridgehead atoms. The molecule has 1 atom stereocenters. The summed E-state index contributed by atoms with van der Waals surface area (Å²) in [6, 6.07) is 10.1. The van der Waals surface area contributed by atoms with E-state index < -0.39 is 0 Å². The van der Waals surface area contributed by atoms with E-state index in [1.807, 2.05) is 30.3 Å². The van der Waals surface area contributed by atoms with Gasteiger partial charge in [0.1, 0.15) is 5.76 Å². The van der Waals surface area contributed by atoms with E-state index in [1.54, 1.807) is 13.3 Å². The predicted octanol–water partition coefficient (Wildman–Crippen LogP) is 3.88. The molecular weight excluding hydrogens is 483 g/mol.